The maximum Gasteiger partial charge on any atom is 0.250 e. The van der Waals surface area contributed by atoms with Crippen molar-refractivity contribution >= 4 is 29.9 Å². The van der Waals surface area contributed by atoms with E-state index >= 15 is 0 Å². The number of methoxy groups -OCH3 is 1. The van der Waals surface area contributed by atoms with E-state index < -0.39 is 0 Å². The number of pyridine rings is 1. The van der Waals surface area contributed by atoms with Crippen LogP contribution in [0.1, 0.15) is 19.8 Å². The van der Waals surface area contributed by atoms with Gasteiger partial charge in [-0.2, -0.15) is 0 Å². The Morgan fingerprint density at radius 1 is 1.32 bits per heavy atom. The highest BCUT2D eigenvalue weighted by Crippen LogP contribution is 1.94. The molecular formula is C15H27IN4O2. The second-order valence-corrected chi connectivity index (χ2v) is 4.62. The van der Waals surface area contributed by atoms with Gasteiger partial charge in [0.15, 0.2) is 5.96 Å². The third kappa shape index (κ3) is 9.04. The van der Waals surface area contributed by atoms with Gasteiger partial charge in [0.25, 0.3) is 0 Å². The molecule has 0 amide bonds. The molecule has 0 bridgehead atoms. The number of ether oxygens (including phenoxy) is 1. The zero-order valence-corrected chi connectivity index (χ0v) is 15.7. The topological polar surface area (TPSA) is 67.7 Å². The van der Waals surface area contributed by atoms with Crippen LogP contribution in [0.15, 0.2) is 34.2 Å². The van der Waals surface area contributed by atoms with Crippen molar-refractivity contribution in [1.29, 1.82) is 0 Å². The van der Waals surface area contributed by atoms with E-state index in [1.165, 1.54) is 0 Å². The number of aryl methyl sites for hydroxylation is 1. The maximum absolute atomic E-state index is 11.5. The van der Waals surface area contributed by atoms with Crippen LogP contribution >= 0.6 is 24.0 Å². The van der Waals surface area contributed by atoms with Crippen molar-refractivity contribution in [2.24, 2.45) is 4.99 Å². The lowest BCUT2D eigenvalue weighted by atomic mass is 10.3. The predicted molar refractivity (Wildman–Crippen MR) is 101 cm³/mol. The van der Waals surface area contributed by atoms with Gasteiger partial charge in [-0.1, -0.05) is 6.07 Å². The van der Waals surface area contributed by atoms with Crippen LogP contribution < -0.4 is 16.2 Å². The molecule has 0 saturated heterocycles. The van der Waals surface area contributed by atoms with Crippen molar-refractivity contribution in [2.75, 3.05) is 33.4 Å². The molecule has 0 fully saturated rings. The average Bonchev–Trinajstić information content (AvgIpc) is 2.49. The summed E-state index contributed by atoms with van der Waals surface area (Å²) < 4.78 is 6.72. The van der Waals surface area contributed by atoms with Crippen molar-refractivity contribution in [2.45, 2.75) is 26.3 Å². The molecule has 0 saturated carbocycles. The zero-order valence-electron chi connectivity index (χ0n) is 13.4. The normalized spacial score (nSPS) is 10.9. The summed E-state index contributed by atoms with van der Waals surface area (Å²) in [7, 11) is 1.68. The fourth-order valence-electron chi connectivity index (χ4n) is 1.84. The number of rotatable bonds is 9. The number of aromatic nitrogens is 1. The molecule has 7 heteroatoms. The third-order valence-corrected chi connectivity index (χ3v) is 2.92. The van der Waals surface area contributed by atoms with E-state index in [4.69, 9.17) is 4.74 Å². The van der Waals surface area contributed by atoms with Crippen LogP contribution in [0.5, 0.6) is 0 Å². The molecule has 0 aliphatic heterocycles. The molecule has 0 aromatic carbocycles. The Morgan fingerprint density at radius 2 is 2.14 bits per heavy atom. The number of guanidine groups is 1. The van der Waals surface area contributed by atoms with Crippen LogP contribution in [-0.2, 0) is 11.3 Å². The molecule has 0 aliphatic carbocycles. The summed E-state index contributed by atoms with van der Waals surface area (Å²) in [6, 6.07) is 5.22. The minimum absolute atomic E-state index is 0. The van der Waals surface area contributed by atoms with Gasteiger partial charge < -0.3 is 19.9 Å². The Kier molecular flexibility index (Phi) is 12.9. The molecule has 2 N–H and O–H groups in total. The lowest BCUT2D eigenvalue weighted by Crippen LogP contribution is -2.39. The van der Waals surface area contributed by atoms with Crippen molar-refractivity contribution in [1.82, 2.24) is 15.2 Å². The number of unbranched alkanes of at least 4 members (excludes halogenated alkanes) is 1. The Morgan fingerprint density at radius 3 is 2.82 bits per heavy atom. The molecule has 1 rings (SSSR count). The first-order valence-electron chi connectivity index (χ1n) is 7.44. The molecular weight excluding hydrogens is 395 g/mol. The quantitative estimate of drug-likeness (QED) is 0.274. The Hall–Kier alpha value is -1.09. The van der Waals surface area contributed by atoms with Crippen LogP contribution in [0.3, 0.4) is 0 Å². The third-order valence-electron chi connectivity index (χ3n) is 2.92. The summed E-state index contributed by atoms with van der Waals surface area (Å²) >= 11 is 0. The SMILES string of the molecule is CCNC(=NCCCCn1ccccc1=O)NCCOC.I. The van der Waals surface area contributed by atoms with Gasteiger partial charge in [0.2, 0.25) is 5.56 Å². The van der Waals surface area contributed by atoms with Crippen molar-refractivity contribution in [3.05, 3.63) is 34.7 Å². The van der Waals surface area contributed by atoms with Crippen molar-refractivity contribution in [3.63, 3.8) is 0 Å². The monoisotopic (exact) mass is 422 g/mol. The van der Waals surface area contributed by atoms with Crippen LogP contribution in [0, 0.1) is 0 Å². The number of hydrogen-bond acceptors (Lipinski definition) is 3. The van der Waals surface area contributed by atoms with Gasteiger partial charge >= 0.3 is 0 Å². The second-order valence-electron chi connectivity index (χ2n) is 4.62. The highest BCUT2D eigenvalue weighted by molar-refractivity contribution is 14.0. The molecule has 1 heterocycles. The van der Waals surface area contributed by atoms with Gasteiger partial charge in [0.05, 0.1) is 6.61 Å². The van der Waals surface area contributed by atoms with Crippen LogP contribution in [0.25, 0.3) is 0 Å². The minimum atomic E-state index is 0. The Bertz CT molecular complexity index is 477. The van der Waals surface area contributed by atoms with Gasteiger partial charge in [-0.3, -0.25) is 9.79 Å². The number of halogens is 1. The smallest absolute Gasteiger partial charge is 0.250 e. The average molecular weight is 422 g/mol. The van der Waals surface area contributed by atoms with E-state index in [9.17, 15) is 4.79 Å². The van der Waals surface area contributed by atoms with Gasteiger partial charge in [0.1, 0.15) is 0 Å². The summed E-state index contributed by atoms with van der Waals surface area (Å²) in [5.74, 6) is 0.812. The fourth-order valence-corrected chi connectivity index (χ4v) is 1.84. The summed E-state index contributed by atoms with van der Waals surface area (Å²) in [5, 5.41) is 6.39. The second kappa shape index (κ2) is 13.6. The van der Waals surface area contributed by atoms with Crippen LogP contribution in [0.4, 0.5) is 0 Å². The largest absolute Gasteiger partial charge is 0.383 e. The Balaban J connectivity index is 0.00000441. The number of nitrogens with zero attached hydrogens (tertiary/aromatic N) is 2. The van der Waals surface area contributed by atoms with Crippen LogP contribution in [0.2, 0.25) is 0 Å². The van der Waals surface area contributed by atoms with E-state index in [1.54, 1.807) is 23.8 Å². The van der Waals surface area contributed by atoms with Crippen LogP contribution in [-0.4, -0.2) is 43.9 Å². The lowest BCUT2D eigenvalue weighted by Gasteiger charge is -2.10. The van der Waals surface area contributed by atoms with Gasteiger partial charge in [-0.15, -0.1) is 24.0 Å². The lowest BCUT2D eigenvalue weighted by molar-refractivity contribution is 0.203. The number of nitrogens with one attached hydrogen (secondary N) is 2. The standard InChI is InChI=1S/C15H26N4O2.HI/c1-3-16-15(18-10-13-21-2)17-9-5-7-12-19-11-6-4-8-14(19)20;/h4,6,8,11H,3,5,7,9-10,12-13H2,1-2H3,(H2,16,17,18);1H. The summed E-state index contributed by atoms with van der Waals surface area (Å²) in [4.78, 5) is 16.0. The van der Waals surface area contributed by atoms with E-state index in [1.807, 2.05) is 19.2 Å². The van der Waals surface area contributed by atoms with Gasteiger partial charge in [-0.25, -0.2) is 0 Å². The van der Waals surface area contributed by atoms with E-state index in [-0.39, 0.29) is 29.5 Å². The molecule has 0 radical (unpaired) electrons. The molecule has 1 aromatic rings. The zero-order chi connectivity index (χ0) is 15.3. The highest BCUT2D eigenvalue weighted by atomic mass is 127. The molecule has 0 aliphatic rings. The molecule has 0 unspecified atom stereocenters. The summed E-state index contributed by atoms with van der Waals surface area (Å²) in [6.07, 6.45) is 3.70. The maximum atomic E-state index is 11.5. The highest BCUT2D eigenvalue weighted by Gasteiger charge is 1.97. The Labute approximate surface area is 149 Å². The minimum Gasteiger partial charge on any atom is -0.383 e. The first-order chi connectivity index (χ1) is 10.3. The summed E-state index contributed by atoms with van der Waals surface area (Å²) in [5.41, 5.74) is 0.0515. The molecule has 0 atom stereocenters. The molecule has 1 aromatic heterocycles. The van der Waals surface area contributed by atoms with Gasteiger partial charge in [-0.05, 0) is 25.8 Å². The van der Waals surface area contributed by atoms with Gasteiger partial charge in [0, 0.05) is 45.6 Å². The first kappa shape index (κ1) is 20.9. The predicted octanol–water partition coefficient (Wildman–Crippen LogP) is 1.45. The molecule has 22 heavy (non-hydrogen) atoms. The number of aliphatic imine (C=N–C) groups is 1. The fraction of sp³-hybridized carbons (Fsp3) is 0.600. The number of hydrogen-bond donors (Lipinski definition) is 2. The first-order valence-corrected chi connectivity index (χ1v) is 7.44. The summed E-state index contributed by atoms with van der Waals surface area (Å²) in [6.45, 7) is 5.74. The molecule has 6 nitrogen and oxygen atoms in total. The van der Waals surface area contributed by atoms with Crippen molar-refractivity contribution < 1.29 is 4.74 Å². The van der Waals surface area contributed by atoms with E-state index in [2.05, 4.69) is 15.6 Å². The van der Waals surface area contributed by atoms with Crippen molar-refractivity contribution in [3.8, 4) is 0 Å². The van der Waals surface area contributed by atoms with E-state index in [0.717, 1.165) is 45.0 Å². The molecule has 126 valence electrons. The van der Waals surface area contributed by atoms with E-state index in [0.29, 0.717) is 6.61 Å². The molecule has 0 spiro atoms.